The maximum absolute atomic E-state index is 12.1. The zero-order valence-corrected chi connectivity index (χ0v) is 14.9. The summed E-state index contributed by atoms with van der Waals surface area (Å²) in [6.07, 6.45) is -0.897. The number of aliphatic hydroxyl groups excluding tert-OH is 1. The average molecular weight is 449 g/mol. The highest BCUT2D eigenvalue weighted by atomic mass is 127. The number of nitrogens with zero attached hydrogens (tertiary/aromatic N) is 1. The third-order valence-electron chi connectivity index (χ3n) is 2.97. The maximum Gasteiger partial charge on any atom is 0.387 e. The fourth-order valence-electron chi connectivity index (χ4n) is 1.87. The highest BCUT2D eigenvalue weighted by Crippen LogP contribution is 2.19. The second-order valence-corrected chi connectivity index (χ2v) is 4.68. The van der Waals surface area contributed by atoms with E-state index in [0.29, 0.717) is 5.56 Å². The number of rotatable bonds is 6. The predicted molar refractivity (Wildman–Crippen MR) is 100 cm³/mol. The molecule has 2 aromatic rings. The van der Waals surface area contributed by atoms with E-state index in [9.17, 15) is 13.9 Å². The van der Waals surface area contributed by atoms with Crippen molar-refractivity contribution in [3.63, 3.8) is 0 Å². The summed E-state index contributed by atoms with van der Waals surface area (Å²) in [4.78, 5) is 4.05. The van der Waals surface area contributed by atoms with E-state index >= 15 is 0 Å². The Morgan fingerprint density at radius 2 is 1.75 bits per heavy atom. The lowest BCUT2D eigenvalue weighted by molar-refractivity contribution is -0.0498. The van der Waals surface area contributed by atoms with Crippen molar-refractivity contribution in [3.05, 3.63) is 60.2 Å². The van der Waals surface area contributed by atoms with Gasteiger partial charge in [-0.15, -0.1) is 24.0 Å². The normalized spacial score (nSPS) is 12.4. The molecule has 0 amide bonds. The third kappa shape index (κ3) is 6.67. The molecule has 0 aliphatic heterocycles. The fourth-order valence-corrected chi connectivity index (χ4v) is 1.87. The van der Waals surface area contributed by atoms with Crippen LogP contribution >= 0.6 is 24.0 Å². The number of anilines is 1. The maximum atomic E-state index is 12.1. The van der Waals surface area contributed by atoms with Crippen LogP contribution in [-0.4, -0.2) is 24.2 Å². The molecule has 24 heavy (non-hydrogen) atoms. The first kappa shape index (κ1) is 20.1. The van der Waals surface area contributed by atoms with E-state index in [4.69, 9.17) is 5.73 Å². The summed E-state index contributed by atoms with van der Waals surface area (Å²) in [6, 6.07) is 15.0. The van der Waals surface area contributed by atoms with Crippen molar-refractivity contribution >= 4 is 35.6 Å². The monoisotopic (exact) mass is 449 g/mol. The van der Waals surface area contributed by atoms with E-state index in [1.54, 1.807) is 0 Å². The van der Waals surface area contributed by atoms with Crippen LogP contribution in [0.3, 0.4) is 0 Å². The van der Waals surface area contributed by atoms with Gasteiger partial charge in [0.15, 0.2) is 5.96 Å². The van der Waals surface area contributed by atoms with Gasteiger partial charge in [-0.2, -0.15) is 8.78 Å². The van der Waals surface area contributed by atoms with Crippen molar-refractivity contribution in [1.29, 1.82) is 0 Å². The van der Waals surface area contributed by atoms with E-state index in [-0.39, 0.29) is 42.2 Å². The first-order valence-electron chi connectivity index (χ1n) is 6.89. The Labute approximate surface area is 155 Å². The highest BCUT2D eigenvalue weighted by molar-refractivity contribution is 14.0. The number of halogens is 3. The standard InChI is InChI=1S/C16H17F2N3O2.HI/c17-15(18)23-13-8-6-11(7-9-13)14(22)10-20-16(19)21-12-4-2-1-3-5-12;/h1-9,14-15,22H,10H2,(H3,19,20,21);1H. The number of aliphatic hydroxyl groups is 1. The van der Waals surface area contributed by atoms with E-state index in [1.165, 1.54) is 24.3 Å². The van der Waals surface area contributed by atoms with Gasteiger partial charge in [0.25, 0.3) is 0 Å². The zero-order chi connectivity index (χ0) is 16.7. The number of para-hydroxylation sites is 1. The molecule has 0 aliphatic carbocycles. The lowest BCUT2D eigenvalue weighted by Gasteiger charge is -2.11. The Morgan fingerprint density at radius 1 is 1.12 bits per heavy atom. The van der Waals surface area contributed by atoms with Crippen LogP contribution in [0.25, 0.3) is 0 Å². The summed E-state index contributed by atoms with van der Waals surface area (Å²) < 4.78 is 28.4. The smallest absolute Gasteiger partial charge is 0.387 e. The number of nitrogens with one attached hydrogen (secondary N) is 1. The molecule has 1 unspecified atom stereocenters. The van der Waals surface area contributed by atoms with Crippen LogP contribution in [0.1, 0.15) is 11.7 Å². The molecular weight excluding hydrogens is 431 g/mol. The summed E-state index contributed by atoms with van der Waals surface area (Å²) in [5, 5.41) is 12.9. The van der Waals surface area contributed by atoms with Crippen LogP contribution in [0.2, 0.25) is 0 Å². The summed E-state index contributed by atoms with van der Waals surface area (Å²) >= 11 is 0. The fraction of sp³-hybridized carbons (Fsp3) is 0.188. The van der Waals surface area contributed by atoms with Crippen molar-refractivity contribution in [2.75, 3.05) is 11.9 Å². The number of alkyl halides is 2. The Bertz CT molecular complexity index is 640. The van der Waals surface area contributed by atoms with E-state index < -0.39 is 12.7 Å². The first-order valence-corrected chi connectivity index (χ1v) is 6.89. The molecule has 2 rings (SSSR count). The van der Waals surface area contributed by atoms with Crippen molar-refractivity contribution in [3.8, 4) is 5.75 Å². The Hall–Kier alpha value is -1.94. The van der Waals surface area contributed by atoms with Gasteiger partial charge in [0.2, 0.25) is 0 Å². The molecule has 0 bridgehead atoms. The lowest BCUT2D eigenvalue weighted by Crippen LogP contribution is -2.23. The van der Waals surface area contributed by atoms with Crippen LogP contribution in [0.5, 0.6) is 5.75 Å². The first-order chi connectivity index (χ1) is 11.0. The van der Waals surface area contributed by atoms with E-state index in [2.05, 4.69) is 15.0 Å². The molecule has 5 nitrogen and oxygen atoms in total. The minimum absolute atomic E-state index is 0. The summed E-state index contributed by atoms with van der Waals surface area (Å²) in [5.74, 6) is 0.206. The summed E-state index contributed by atoms with van der Waals surface area (Å²) in [5.41, 5.74) is 7.05. The molecule has 0 spiro atoms. The number of benzene rings is 2. The Kier molecular flexibility index (Phi) is 8.41. The minimum atomic E-state index is -2.88. The Balaban J connectivity index is 0.00000288. The predicted octanol–water partition coefficient (Wildman–Crippen LogP) is 3.37. The van der Waals surface area contributed by atoms with Crippen molar-refractivity contribution in [1.82, 2.24) is 0 Å². The van der Waals surface area contributed by atoms with Crippen molar-refractivity contribution in [2.45, 2.75) is 12.7 Å². The van der Waals surface area contributed by atoms with Gasteiger partial charge in [0.1, 0.15) is 5.75 Å². The minimum Gasteiger partial charge on any atom is -0.435 e. The van der Waals surface area contributed by atoms with Gasteiger partial charge in [-0.3, -0.25) is 4.99 Å². The highest BCUT2D eigenvalue weighted by Gasteiger charge is 2.09. The van der Waals surface area contributed by atoms with Gasteiger partial charge in [-0.25, -0.2) is 0 Å². The number of ether oxygens (including phenoxy) is 1. The number of guanidine groups is 1. The molecule has 0 saturated carbocycles. The molecule has 0 aromatic heterocycles. The van der Waals surface area contributed by atoms with Gasteiger partial charge in [-0.1, -0.05) is 30.3 Å². The van der Waals surface area contributed by atoms with Crippen LogP contribution in [0.15, 0.2) is 59.6 Å². The average Bonchev–Trinajstić information content (AvgIpc) is 2.54. The van der Waals surface area contributed by atoms with Gasteiger partial charge in [0, 0.05) is 5.69 Å². The summed E-state index contributed by atoms with van der Waals surface area (Å²) in [6.45, 7) is -2.83. The van der Waals surface area contributed by atoms with Crippen LogP contribution in [0, 0.1) is 0 Å². The number of hydrogen-bond donors (Lipinski definition) is 3. The quantitative estimate of drug-likeness (QED) is 0.359. The molecule has 0 radical (unpaired) electrons. The topological polar surface area (TPSA) is 79.9 Å². The number of hydrogen-bond acceptors (Lipinski definition) is 3. The summed E-state index contributed by atoms with van der Waals surface area (Å²) in [7, 11) is 0. The van der Waals surface area contributed by atoms with Gasteiger partial charge >= 0.3 is 6.61 Å². The second kappa shape index (κ2) is 10.0. The van der Waals surface area contributed by atoms with Crippen molar-refractivity contribution in [2.24, 2.45) is 10.7 Å². The van der Waals surface area contributed by atoms with E-state index in [1.807, 2.05) is 30.3 Å². The second-order valence-electron chi connectivity index (χ2n) is 4.68. The molecule has 8 heteroatoms. The van der Waals surface area contributed by atoms with Crippen LogP contribution in [0.4, 0.5) is 14.5 Å². The SMILES string of the molecule is I.NC(=NCC(O)c1ccc(OC(F)F)cc1)Nc1ccccc1. The molecule has 0 heterocycles. The van der Waals surface area contributed by atoms with Crippen molar-refractivity contribution < 1.29 is 18.6 Å². The lowest BCUT2D eigenvalue weighted by atomic mass is 10.1. The van der Waals surface area contributed by atoms with Crippen LogP contribution < -0.4 is 15.8 Å². The number of nitrogens with two attached hydrogens (primary N) is 1. The van der Waals surface area contributed by atoms with Gasteiger partial charge < -0.3 is 20.9 Å². The molecular formula is C16H18F2IN3O2. The van der Waals surface area contributed by atoms with Gasteiger partial charge in [0.05, 0.1) is 12.6 Å². The van der Waals surface area contributed by atoms with Crippen LogP contribution in [-0.2, 0) is 0 Å². The molecule has 130 valence electrons. The third-order valence-corrected chi connectivity index (χ3v) is 2.97. The van der Waals surface area contributed by atoms with Gasteiger partial charge in [-0.05, 0) is 29.8 Å². The Morgan fingerprint density at radius 3 is 2.33 bits per heavy atom. The molecule has 0 aliphatic rings. The largest absolute Gasteiger partial charge is 0.435 e. The molecule has 2 aromatic carbocycles. The van der Waals surface area contributed by atoms with E-state index in [0.717, 1.165) is 5.69 Å². The molecule has 1 atom stereocenters. The zero-order valence-electron chi connectivity index (χ0n) is 12.6. The molecule has 4 N–H and O–H groups in total. The number of aliphatic imine (C=N–C) groups is 1. The molecule has 0 saturated heterocycles. The molecule has 0 fully saturated rings.